The molecule has 5 nitrogen and oxygen atoms in total. The number of nitrogens with one attached hydrogen (secondary N) is 1. The van der Waals surface area contributed by atoms with E-state index in [0.717, 1.165) is 0 Å². The van der Waals surface area contributed by atoms with Crippen molar-refractivity contribution in [1.82, 2.24) is 20.1 Å². The molecule has 0 atom stereocenters. The Kier molecular flexibility index (Phi) is 3.22. The first-order valence-electron chi connectivity index (χ1n) is 4.72. The average molecular weight is 196 g/mol. The molecular weight excluding hydrogens is 180 g/mol. The lowest BCUT2D eigenvalue weighted by Gasteiger charge is -2.11. The molecule has 14 heavy (non-hydrogen) atoms. The van der Waals surface area contributed by atoms with Crippen LogP contribution >= 0.6 is 0 Å². The summed E-state index contributed by atoms with van der Waals surface area (Å²) in [5, 5.41) is 6.77. The zero-order chi connectivity index (χ0) is 10.7. The third kappa shape index (κ3) is 2.31. The normalized spacial score (nSPS) is 11.0. The van der Waals surface area contributed by atoms with Crippen molar-refractivity contribution in [2.45, 2.75) is 39.8 Å². The molecule has 1 amide bonds. The van der Waals surface area contributed by atoms with E-state index in [1.165, 1.54) is 6.33 Å². The lowest BCUT2D eigenvalue weighted by atomic mass is 10.3. The molecule has 0 saturated carbocycles. The smallest absolute Gasteiger partial charge is 0.289 e. The summed E-state index contributed by atoms with van der Waals surface area (Å²) in [6, 6.07) is 0.255. The molecule has 78 valence electrons. The molecule has 1 rings (SSSR count). The van der Waals surface area contributed by atoms with Crippen molar-refractivity contribution in [2.75, 3.05) is 0 Å². The van der Waals surface area contributed by atoms with Gasteiger partial charge in [0.25, 0.3) is 5.91 Å². The van der Waals surface area contributed by atoms with Crippen LogP contribution in [0.5, 0.6) is 0 Å². The van der Waals surface area contributed by atoms with Crippen LogP contribution in [-0.4, -0.2) is 26.7 Å². The van der Waals surface area contributed by atoms with Crippen molar-refractivity contribution in [2.24, 2.45) is 0 Å². The molecule has 0 aliphatic heterocycles. The summed E-state index contributed by atoms with van der Waals surface area (Å²) < 4.78 is 1.61. The van der Waals surface area contributed by atoms with Crippen LogP contribution in [-0.2, 0) is 0 Å². The maximum absolute atomic E-state index is 11.6. The quantitative estimate of drug-likeness (QED) is 0.784. The molecule has 5 heteroatoms. The first-order chi connectivity index (χ1) is 6.52. The van der Waals surface area contributed by atoms with Crippen LogP contribution in [0.1, 0.15) is 44.4 Å². The van der Waals surface area contributed by atoms with Gasteiger partial charge in [-0.3, -0.25) is 4.79 Å². The predicted molar refractivity (Wildman–Crippen MR) is 53.0 cm³/mol. The van der Waals surface area contributed by atoms with Crippen LogP contribution in [0.2, 0.25) is 0 Å². The van der Waals surface area contributed by atoms with Crippen LogP contribution in [0.15, 0.2) is 6.33 Å². The van der Waals surface area contributed by atoms with Crippen LogP contribution in [0.25, 0.3) is 0 Å². The second-order valence-electron chi connectivity index (χ2n) is 3.75. The van der Waals surface area contributed by atoms with Crippen molar-refractivity contribution in [1.29, 1.82) is 0 Å². The minimum Gasteiger partial charge on any atom is -0.347 e. The zero-order valence-corrected chi connectivity index (χ0v) is 8.98. The van der Waals surface area contributed by atoms with Crippen LogP contribution in [0, 0.1) is 0 Å². The molecule has 1 N–H and O–H groups in total. The number of hydrogen-bond donors (Lipinski definition) is 1. The monoisotopic (exact) mass is 196 g/mol. The Balaban J connectivity index is 2.84. The van der Waals surface area contributed by atoms with Gasteiger partial charge in [-0.1, -0.05) is 0 Å². The molecule has 0 bridgehead atoms. The summed E-state index contributed by atoms with van der Waals surface area (Å²) in [5.74, 6) is 0.194. The van der Waals surface area contributed by atoms with E-state index in [4.69, 9.17) is 0 Å². The van der Waals surface area contributed by atoms with E-state index in [2.05, 4.69) is 15.4 Å². The lowest BCUT2D eigenvalue weighted by molar-refractivity contribution is 0.0925. The number of aromatic nitrogens is 3. The average Bonchev–Trinajstić information content (AvgIpc) is 2.49. The topological polar surface area (TPSA) is 59.8 Å². The molecule has 1 heterocycles. The van der Waals surface area contributed by atoms with Crippen LogP contribution in [0.4, 0.5) is 0 Å². The van der Waals surface area contributed by atoms with E-state index in [1.807, 2.05) is 27.7 Å². The highest BCUT2D eigenvalue weighted by molar-refractivity contribution is 5.90. The van der Waals surface area contributed by atoms with Gasteiger partial charge in [0.05, 0.1) is 0 Å². The summed E-state index contributed by atoms with van der Waals surface area (Å²) in [5.41, 5.74) is 0. The molecule has 0 radical (unpaired) electrons. The van der Waals surface area contributed by atoms with E-state index < -0.39 is 0 Å². The maximum atomic E-state index is 11.6. The Bertz CT molecular complexity index is 316. The molecule has 0 fully saturated rings. The number of carbonyl (C=O) groups is 1. The molecule has 1 aromatic heterocycles. The van der Waals surface area contributed by atoms with E-state index in [0.29, 0.717) is 5.82 Å². The van der Waals surface area contributed by atoms with Gasteiger partial charge < -0.3 is 5.32 Å². The molecule has 0 aromatic carbocycles. The molecule has 0 saturated heterocycles. The van der Waals surface area contributed by atoms with E-state index >= 15 is 0 Å². The highest BCUT2D eigenvalue weighted by atomic mass is 16.2. The Labute approximate surface area is 83.5 Å². The van der Waals surface area contributed by atoms with Crippen molar-refractivity contribution in [3.8, 4) is 0 Å². The zero-order valence-electron chi connectivity index (χ0n) is 8.98. The fourth-order valence-corrected chi connectivity index (χ4v) is 1.12. The first kappa shape index (κ1) is 10.7. The number of amides is 1. The van der Waals surface area contributed by atoms with Gasteiger partial charge in [-0.05, 0) is 27.7 Å². The van der Waals surface area contributed by atoms with Gasteiger partial charge in [-0.15, -0.1) is 0 Å². The highest BCUT2D eigenvalue weighted by Gasteiger charge is 2.15. The van der Waals surface area contributed by atoms with E-state index in [-0.39, 0.29) is 18.0 Å². The molecule has 1 aromatic rings. The van der Waals surface area contributed by atoms with E-state index in [1.54, 1.807) is 4.68 Å². The molecular formula is C9H16N4O. The van der Waals surface area contributed by atoms with Gasteiger partial charge in [0, 0.05) is 12.1 Å². The van der Waals surface area contributed by atoms with Gasteiger partial charge in [-0.2, -0.15) is 5.10 Å². The summed E-state index contributed by atoms with van der Waals surface area (Å²) in [6.45, 7) is 7.74. The summed E-state index contributed by atoms with van der Waals surface area (Å²) >= 11 is 0. The van der Waals surface area contributed by atoms with Crippen molar-refractivity contribution < 1.29 is 4.79 Å². The molecule has 0 spiro atoms. The van der Waals surface area contributed by atoms with Crippen molar-refractivity contribution in [3.05, 3.63) is 12.2 Å². The number of carbonyl (C=O) groups excluding carboxylic acids is 1. The summed E-state index contributed by atoms with van der Waals surface area (Å²) in [6.07, 6.45) is 1.40. The maximum Gasteiger partial charge on any atom is 0.289 e. The molecule has 0 aliphatic carbocycles. The molecule has 0 aliphatic rings. The standard InChI is InChI=1S/C9H16N4O/c1-6(2)12-9(14)8-10-5-11-13(8)7(3)4/h5-7H,1-4H3,(H,12,14). The Hall–Kier alpha value is -1.39. The first-order valence-corrected chi connectivity index (χ1v) is 4.72. The minimum atomic E-state index is -0.175. The van der Waals surface area contributed by atoms with Crippen LogP contribution in [0.3, 0.4) is 0 Å². The fourth-order valence-electron chi connectivity index (χ4n) is 1.12. The second-order valence-corrected chi connectivity index (χ2v) is 3.75. The SMILES string of the molecule is CC(C)NC(=O)c1ncnn1C(C)C. The predicted octanol–water partition coefficient (Wildman–Crippen LogP) is 0.997. The van der Waals surface area contributed by atoms with Crippen LogP contribution < -0.4 is 5.32 Å². The number of nitrogens with zero attached hydrogens (tertiary/aromatic N) is 3. The van der Waals surface area contributed by atoms with Crippen molar-refractivity contribution in [3.63, 3.8) is 0 Å². The number of hydrogen-bond acceptors (Lipinski definition) is 3. The Morgan fingerprint density at radius 2 is 2.07 bits per heavy atom. The van der Waals surface area contributed by atoms with Gasteiger partial charge in [0.15, 0.2) is 0 Å². The van der Waals surface area contributed by atoms with E-state index in [9.17, 15) is 4.79 Å². The fraction of sp³-hybridized carbons (Fsp3) is 0.667. The minimum absolute atomic E-state index is 0.111. The second kappa shape index (κ2) is 4.21. The van der Waals surface area contributed by atoms with Gasteiger partial charge >= 0.3 is 0 Å². The third-order valence-electron chi connectivity index (χ3n) is 1.69. The third-order valence-corrected chi connectivity index (χ3v) is 1.69. The largest absolute Gasteiger partial charge is 0.347 e. The van der Waals surface area contributed by atoms with Crippen molar-refractivity contribution >= 4 is 5.91 Å². The Morgan fingerprint density at radius 1 is 1.43 bits per heavy atom. The summed E-state index contributed by atoms with van der Waals surface area (Å²) in [7, 11) is 0. The highest BCUT2D eigenvalue weighted by Crippen LogP contribution is 2.04. The Morgan fingerprint density at radius 3 is 2.57 bits per heavy atom. The number of rotatable bonds is 3. The summed E-state index contributed by atoms with van der Waals surface area (Å²) in [4.78, 5) is 15.5. The van der Waals surface area contributed by atoms with Gasteiger partial charge in [0.2, 0.25) is 5.82 Å². The van der Waals surface area contributed by atoms with Gasteiger partial charge in [0.1, 0.15) is 6.33 Å². The lowest BCUT2D eigenvalue weighted by Crippen LogP contribution is -2.32. The van der Waals surface area contributed by atoms with Gasteiger partial charge in [-0.25, -0.2) is 9.67 Å². The molecule has 0 unspecified atom stereocenters.